The standard InChI is InChI=1S/C27H27N3O7/c1-30(2)21-16-10-12-9-15-14(11-4-3-5-13(28)8-11)6-7-17(31)19(15)22(32)18(12)24(34)27(16,37)25(35)20(23(21)33)26(29)36/h3-8,12,16,21,31,33-34,37H,9-10,28H2,1-2H3,(H2,29,36)/t12-,16-,21+,27-/m0/s1. The fraction of sp³-hybridized carbons (Fsp3) is 0.296. The molecule has 10 heteroatoms. The molecule has 0 heterocycles. The Morgan fingerprint density at radius 2 is 1.81 bits per heavy atom. The Balaban J connectivity index is 1.73. The number of aliphatic hydroxyl groups excluding tert-OH is 2. The molecule has 3 aliphatic rings. The number of primary amides is 1. The zero-order valence-corrected chi connectivity index (χ0v) is 20.2. The number of phenols is 1. The first kappa shape index (κ1) is 24.5. The third-order valence-corrected chi connectivity index (χ3v) is 7.80. The molecule has 3 aliphatic carbocycles. The van der Waals surface area contributed by atoms with Gasteiger partial charge in [-0.1, -0.05) is 18.2 Å². The van der Waals surface area contributed by atoms with Crippen molar-refractivity contribution in [2.24, 2.45) is 17.6 Å². The first-order chi connectivity index (χ1) is 17.4. The fourth-order valence-electron chi connectivity index (χ4n) is 6.23. The number of aromatic hydroxyl groups is 1. The molecule has 4 atom stereocenters. The van der Waals surface area contributed by atoms with Gasteiger partial charge in [-0.05, 0) is 67.7 Å². The van der Waals surface area contributed by atoms with Crippen molar-refractivity contribution in [3.8, 4) is 16.9 Å². The number of aliphatic hydroxyl groups is 3. The van der Waals surface area contributed by atoms with Crippen LogP contribution in [0, 0.1) is 11.8 Å². The van der Waals surface area contributed by atoms with Gasteiger partial charge >= 0.3 is 0 Å². The van der Waals surface area contributed by atoms with Gasteiger partial charge in [-0.15, -0.1) is 0 Å². The Kier molecular flexibility index (Phi) is 5.43. The molecule has 2 aromatic carbocycles. The van der Waals surface area contributed by atoms with E-state index < -0.39 is 58.0 Å². The molecule has 37 heavy (non-hydrogen) atoms. The second kappa shape index (κ2) is 8.19. The minimum Gasteiger partial charge on any atom is -0.510 e. The summed E-state index contributed by atoms with van der Waals surface area (Å²) in [5.41, 5.74) is 10.1. The number of likely N-dealkylation sites (N-methyl/N-ethyl adjacent to an activating group) is 1. The smallest absolute Gasteiger partial charge is 0.255 e. The van der Waals surface area contributed by atoms with E-state index in [4.69, 9.17) is 11.5 Å². The van der Waals surface area contributed by atoms with Crippen LogP contribution in [-0.2, 0) is 16.0 Å². The van der Waals surface area contributed by atoms with Crippen LogP contribution in [0.2, 0.25) is 0 Å². The van der Waals surface area contributed by atoms with Crippen LogP contribution < -0.4 is 11.5 Å². The van der Waals surface area contributed by atoms with E-state index in [-0.39, 0.29) is 29.7 Å². The molecule has 0 fully saturated rings. The SMILES string of the molecule is CN(C)[C@H]1C(O)=C(C(N)=O)C(=O)[C@@]2(O)C(O)=C3C(=O)c4c(O)ccc(-c5cccc(N)c5)c4C[C@H]3C[C@@H]12. The maximum atomic E-state index is 13.8. The van der Waals surface area contributed by atoms with Crippen LogP contribution in [0.25, 0.3) is 11.1 Å². The summed E-state index contributed by atoms with van der Waals surface area (Å²) in [6.07, 6.45) is 0.227. The van der Waals surface area contributed by atoms with Gasteiger partial charge < -0.3 is 31.9 Å². The summed E-state index contributed by atoms with van der Waals surface area (Å²) in [7, 11) is 3.17. The largest absolute Gasteiger partial charge is 0.510 e. The number of fused-ring (bicyclic) bond motifs is 3. The number of rotatable bonds is 3. The van der Waals surface area contributed by atoms with Crippen molar-refractivity contribution in [1.29, 1.82) is 0 Å². The molecule has 0 bridgehead atoms. The van der Waals surface area contributed by atoms with Gasteiger partial charge in [-0.25, -0.2) is 0 Å². The Hall–Kier alpha value is -4.15. The summed E-state index contributed by atoms with van der Waals surface area (Å²) in [4.78, 5) is 40.7. The highest BCUT2D eigenvalue weighted by Crippen LogP contribution is 2.53. The van der Waals surface area contributed by atoms with E-state index >= 15 is 0 Å². The van der Waals surface area contributed by atoms with Crippen molar-refractivity contribution in [1.82, 2.24) is 4.90 Å². The second-order valence-electron chi connectivity index (χ2n) is 10.1. The topological polar surface area (TPSA) is 187 Å². The number of benzene rings is 2. The van der Waals surface area contributed by atoms with Crippen molar-refractivity contribution in [3.05, 3.63) is 70.2 Å². The predicted octanol–water partition coefficient (Wildman–Crippen LogP) is 1.37. The summed E-state index contributed by atoms with van der Waals surface area (Å²) < 4.78 is 0. The number of carbonyl (C=O) groups excluding carboxylic acids is 3. The molecule has 1 amide bonds. The molecule has 8 N–H and O–H groups in total. The third kappa shape index (κ3) is 3.29. The highest BCUT2D eigenvalue weighted by molar-refractivity contribution is 6.24. The molecule has 5 rings (SSSR count). The highest BCUT2D eigenvalue weighted by Gasteiger charge is 2.63. The summed E-state index contributed by atoms with van der Waals surface area (Å²) >= 11 is 0. The summed E-state index contributed by atoms with van der Waals surface area (Å²) in [6, 6.07) is 9.08. The van der Waals surface area contributed by atoms with Gasteiger partial charge in [0.25, 0.3) is 5.91 Å². The number of anilines is 1. The number of hydrogen-bond donors (Lipinski definition) is 6. The van der Waals surface area contributed by atoms with E-state index in [1.165, 1.54) is 11.0 Å². The van der Waals surface area contributed by atoms with Crippen LogP contribution in [0.5, 0.6) is 5.75 Å². The van der Waals surface area contributed by atoms with E-state index in [1.807, 2.05) is 6.07 Å². The Morgan fingerprint density at radius 1 is 1.11 bits per heavy atom. The molecular weight excluding hydrogens is 478 g/mol. The number of nitrogen functional groups attached to an aromatic ring is 1. The number of nitrogens with two attached hydrogens (primary N) is 2. The number of amides is 1. The van der Waals surface area contributed by atoms with Gasteiger partial charge in [-0.3, -0.25) is 19.3 Å². The molecule has 0 spiro atoms. The van der Waals surface area contributed by atoms with Crippen molar-refractivity contribution in [2.75, 3.05) is 19.8 Å². The van der Waals surface area contributed by atoms with Crippen LogP contribution in [-0.4, -0.2) is 68.5 Å². The molecule has 0 saturated carbocycles. The maximum absolute atomic E-state index is 13.8. The average Bonchev–Trinajstić information content (AvgIpc) is 2.81. The molecule has 0 radical (unpaired) electrons. The third-order valence-electron chi connectivity index (χ3n) is 7.80. The second-order valence-corrected chi connectivity index (χ2v) is 10.1. The molecule has 0 unspecified atom stereocenters. The minimum atomic E-state index is -2.66. The molecule has 0 aromatic heterocycles. The Labute approximate surface area is 212 Å². The van der Waals surface area contributed by atoms with Crippen LogP contribution in [0.3, 0.4) is 0 Å². The van der Waals surface area contributed by atoms with E-state index in [0.717, 1.165) is 5.56 Å². The van der Waals surface area contributed by atoms with Crippen LogP contribution >= 0.6 is 0 Å². The average molecular weight is 506 g/mol. The lowest BCUT2D eigenvalue weighted by Gasteiger charge is -2.50. The number of Topliss-reactive ketones (excluding diaryl/α,β-unsaturated/α-hetero) is 2. The lowest BCUT2D eigenvalue weighted by Crippen LogP contribution is -2.63. The Bertz CT molecular complexity index is 1460. The fourth-order valence-corrected chi connectivity index (χ4v) is 6.23. The monoisotopic (exact) mass is 505 g/mol. The normalized spacial score (nSPS) is 27.2. The summed E-state index contributed by atoms with van der Waals surface area (Å²) in [5, 5.41) is 44.5. The van der Waals surface area contributed by atoms with E-state index in [1.54, 1.807) is 38.4 Å². The van der Waals surface area contributed by atoms with Gasteiger partial charge in [0.15, 0.2) is 11.4 Å². The Morgan fingerprint density at radius 3 is 2.43 bits per heavy atom. The zero-order valence-electron chi connectivity index (χ0n) is 20.2. The number of carbonyl (C=O) groups is 3. The predicted molar refractivity (Wildman–Crippen MR) is 134 cm³/mol. The number of ketones is 2. The molecule has 2 aromatic rings. The highest BCUT2D eigenvalue weighted by atomic mass is 16.3. The van der Waals surface area contributed by atoms with Crippen molar-refractivity contribution >= 4 is 23.2 Å². The first-order valence-electron chi connectivity index (χ1n) is 11.7. The van der Waals surface area contributed by atoms with E-state index in [2.05, 4.69) is 0 Å². The number of nitrogens with zero attached hydrogens (tertiary/aromatic N) is 1. The molecular formula is C27H27N3O7. The first-order valence-corrected chi connectivity index (χ1v) is 11.7. The van der Waals surface area contributed by atoms with Gasteiger partial charge in [0, 0.05) is 17.2 Å². The zero-order chi connectivity index (χ0) is 27.0. The van der Waals surface area contributed by atoms with Crippen LogP contribution in [0.1, 0.15) is 22.3 Å². The van der Waals surface area contributed by atoms with E-state index in [0.29, 0.717) is 16.8 Å². The van der Waals surface area contributed by atoms with Crippen LogP contribution in [0.4, 0.5) is 5.69 Å². The van der Waals surface area contributed by atoms with Gasteiger partial charge in [0.2, 0.25) is 5.78 Å². The van der Waals surface area contributed by atoms with Crippen molar-refractivity contribution in [3.63, 3.8) is 0 Å². The van der Waals surface area contributed by atoms with Gasteiger partial charge in [0.1, 0.15) is 22.8 Å². The van der Waals surface area contributed by atoms with Crippen molar-refractivity contribution < 1.29 is 34.8 Å². The van der Waals surface area contributed by atoms with Gasteiger partial charge in [0.05, 0.1) is 11.6 Å². The maximum Gasteiger partial charge on any atom is 0.255 e. The van der Waals surface area contributed by atoms with Gasteiger partial charge in [-0.2, -0.15) is 0 Å². The molecule has 192 valence electrons. The molecule has 0 saturated heterocycles. The van der Waals surface area contributed by atoms with E-state index in [9.17, 15) is 34.8 Å². The minimum absolute atomic E-state index is 0.0256. The van der Waals surface area contributed by atoms with Crippen molar-refractivity contribution in [2.45, 2.75) is 24.5 Å². The number of hydrogen-bond acceptors (Lipinski definition) is 9. The summed E-state index contributed by atoms with van der Waals surface area (Å²) in [6.45, 7) is 0. The van der Waals surface area contributed by atoms with Crippen LogP contribution in [0.15, 0.2) is 59.1 Å². The molecule has 10 nitrogen and oxygen atoms in total. The quantitative estimate of drug-likeness (QED) is 0.264. The lowest BCUT2D eigenvalue weighted by atomic mass is 9.58. The lowest BCUT2D eigenvalue weighted by molar-refractivity contribution is -0.148. The number of allylic oxidation sites excluding steroid dienone is 1. The number of phenolic OH excluding ortho intramolecular Hbond substituents is 1. The molecule has 0 aliphatic heterocycles. The summed E-state index contributed by atoms with van der Waals surface area (Å²) in [5.74, 6) is -6.77.